The number of hydrogen-bond donors (Lipinski definition) is 2. The summed E-state index contributed by atoms with van der Waals surface area (Å²) in [6.07, 6.45) is 0.916. The zero-order valence-corrected chi connectivity index (χ0v) is 20.7. The zero-order chi connectivity index (χ0) is 25.5. The molecule has 2 N–H and O–H groups in total. The molecule has 35 heavy (non-hydrogen) atoms. The van der Waals surface area contributed by atoms with Crippen LogP contribution in [-0.2, 0) is 9.59 Å². The molecule has 2 aromatic rings. The van der Waals surface area contributed by atoms with Crippen molar-refractivity contribution in [1.82, 2.24) is 5.32 Å². The van der Waals surface area contributed by atoms with E-state index in [9.17, 15) is 19.7 Å². The fraction of sp³-hybridized carbons (Fsp3) is 0.308. The lowest BCUT2D eigenvalue weighted by Gasteiger charge is -2.39. The topological polar surface area (TPSA) is 111 Å². The molecule has 0 spiro atoms. The molecule has 182 valence electrons. The summed E-state index contributed by atoms with van der Waals surface area (Å²) in [7, 11) is 1.51. The van der Waals surface area contributed by atoms with Crippen molar-refractivity contribution in [2.45, 2.75) is 39.5 Å². The molecule has 1 heterocycles. The van der Waals surface area contributed by atoms with Crippen LogP contribution in [-0.4, -0.2) is 23.7 Å². The number of carbonyl (C=O) groups excluding carboxylic acids is 2. The smallest absolute Gasteiger partial charge is 0.288 e. The molecule has 0 aromatic heterocycles. The van der Waals surface area contributed by atoms with Crippen LogP contribution in [0.3, 0.4) is 0 Å². The summed E-state index contributed by atoms with van der Waals surface area (Å²) in [6.45, 7) is 5.80. The van der Waals surface area contributed by atoms with Crippen molar-refractivity contribution in [3.63, 3.8) is 0 Å². The quantitative estimate of drug-likeness (QED) is 0.418. The van der Waals surface area contributed by atoms with Crippen LogP contribution < -0.4 is 15.4 Å². The molecule has 0 fully saturated rings. The molecule has 1 aliphatic heterocycles. The average molecular weight is 496 g/mol. The van der Waals surface area contributed by atoms with Crippen LogP contribution in [0.25, 0.3) is 0 Å². The van der Waals surface area contributed by atoms with Crippen molar-refractivity contribution >= 4 is 34.7 Å². The zero-order valence-electron chi connectivity index (χ0n) is 19.9. The summed E-state index contributed by atoms with van der Waals surface area (Å²) in [5.41, 5.74) is 2.46. The maximum Gasteiger partial charge on any atom is 0.288 e. The maximum atomic E-state index is 13.7. The Morgan fingerprint density at radius 2 is 1.94 bits per heavy atom. The van der Waals surface area contributed by atoms with E-state index in [0.29, 0.717) is 46.7 Å². The number of para-hydroxylation sites is 2. The minimum atomic E-state index is -0.791. The maximum absolute atomic E-state index is 13.7. The molecule has 1 amide bonds. The first-order valence-corrected chi connectivity index (χ1v) is 11.5. The molecule has 4 rings (SSSR count). The Morgan fingerprint density at radius 3 is 2.63 bits per heavy atom. The van der Waals surface area contributed by atoms with E-state index < -0.39 is 16.7 Å². The first-order valence-electron chi connectivity index (χ1n) is 11.1. The third-order valence-electron chi connectivity index (χ3n) is 6.34. The Labute approximate surface area is 208 Å². The van der Waals surface area contributed by atoms with Crippen LogP contribution in [0.4, 0.5) is 11.4 Å². The lowest BCUT2D eigenvalue weighted by molar-refractivity contribution is -0.384. The third kappa shape index (κ3) is 4.66. The third-order valence-corrected chi connectivity index (χ3v) is 6.66. The van der Waals surface area contributed by atoms with Crippen LogP contribution in [0, 0.1) is 15.5 Å². The van der Waals surface area contributed by atoms with Gasteiger partial charge in [0.2, 0.25) is 0 Å². The molecule has 1 unspecified atom stereocenters. The SMILES string of the molecule is COc1ccccc1NC(=O)C1=C(C)NC2=C(C(=O)CC(C)(C)C2)C1c1ccc(Cl)c([N+](=O)[O-])c1. The van der Waals surface area contributed by atoms with E-state index in [4.69, 9.17) is 16.3 Å². The highest BCUT2D eigenvalue weighted by Gasteiger charge is 2.43. The van der Waals surface area contributed by atoms with Crippen LogP contribution in [0.15, 0.2) is 65.0 Å². The second kappa shape index (κ2) is 9.19. The van der Waals surface area contributed by atoms with Gasteiger partial charge in [-0.3, -0.25) is 19.7 Å². The van der Waals surface area contributed by atoms with Gasteiger partial charge in [0.25, 0.3) is 11.6 Å². The van der Waals surface area contributed by atoms with E-state index in [1.807, 2.05) is 13.8 Å². The number of allylic oxidation sites excluding steroid dienone is 3. The summed E-state index contributed by atoms with van der Waals surface area (Å²) in [5, 5.41) is 17.8. The van der Waals surface area contributed by atoms with Gasteiger partial charge in [-0.25, -0.2) is 0 Å². The van der Waals surface area contributed by atoms with Gasteiger partial charge in [0, 0.05) is 40.9 Å². The Balaban J connectivity index is 1.87. The second-order valence-corrected chi connectivity index (χ2v) is 9.96. The van der Waals surface area contributed by atoms with Gasteiger partial charge in [-0.2, -0.15) is 0 Å². The second-order valence-electron chi connectivity index (χ2n) is 9.55. The average Bonchev–Trinajstić information content (AvgIpc) is 2.77. The van der Waals surface area contributed by atoms with Crippen molar-refractivity contribution < 1.29 is 19.2 Å². The number of nitro benzene ring substituents is 1. The monoisotopic (exact) mass is 495 g/mol. The van der Waals surface area contributed by atoms with Crippen LogP contribution in [0.2, 0.25) is 5.02 Å². The number of ether oxygens (including phenoxy) is 1. The highest BCUT2D eigenvalue weighted by molar-refractivity contribution is 6.32. The minimum absolute atomic E-state index is 0.0151. The highest BCUT2D eigenvalue weighted by atomic mass is 35.5. The van der Waals surface area contributed by atoms with Gasteiger partial charge >= 0.3 is 0 Å². The predicted octanol–water partition coefficient (Wildman–Crippen LogP) is 5.50. The molecular formula is C26H26ClN3O5. The summed E-state index contributed by atoms with van der Waals surface area (Å²) >= 11 is 6.06. The van der Waals surface area contributed by atoms with E-state index in [-0.39, 0.29) is 21.9 Å². The number of ketones is 1. The molecule has 1 aliphatic carbocycles. The number of anilines is 1. The number of dihydropyridines is 1. The molecule has 0 radical (unpaired) electrons. The number of carbonyl (C=O) groups is 2. The van der Waals surface area contributed by atoms with E-state index >= 15 is 0 Å². The van der Waals surface area contributed by atoms with Crippen LogP contribution in [0.5, 0.6) is 5.75 Å². The standard InChI is InChI=1S/C26H26ClN3O5/c1-14-22(25(32)29-17-7-5-6-8-21(17)35-4)23(15-9-10-16(27)19(11-15)30(33)34)24-18(28-14)12-26(2,3)13-20(24)31/h5-11,23,28H,12-13H2,1-4H3,(H,29,32). The molecule has 1 atom stereocenters. The Kier molecular flexibility index (Phi) is 6.42. The van der Waals surface area contributed by atoms with Gasteiger partial charge < -0.3 is 15.4 Å². The number of benzene rings is 2. The molecule has 0 saturated heterocycles. The summed E-state index contributed by atoms with van der Waals surface area (Å²) in [6, 6.07) is 11.4. The number of hydrogen-bond acceptors (Lipinski definition) is 6. The molecule has 0 saturated carbocycles. The number of methoxy groups -OCH3 is 1. The van der Waals surface area contributed by atoms with E-state index in [0.717, 1.165) is 5.70 Å². The Bertz CT molecular complexity index is 1310. The molecule has 0 bridgehead atoms. The molecular weight excluding hydrogens is 470 g/mol. The Morgan fingerprint density at radius 1 is 1.23 bits per heavy atom. The number of halogens is 1. The van der Waals surface area contributed by atoms with Crippen LogP contribution in [0.1, 0.15) is 45.1 Å². The van der Waals surface area contributed by atoms with Gasteiger partial charge in [-0.1, -0.05) is 43.6 Å². The first kappa shape index (κ1) is 24.5. The van der Waals surface area contributed by atoms with Gasteiger partial charge in [-0.15, -0.1) is 0 Å². The van der Waals surface area contributed by atoms with Gasteiger partial charge in [0.15, 0.2) is 5.78 Å². The van der Waals surface area contributed by atoms with Crippen molar-refractivity contribution in [3.05, 3.63) is 85.7 Å². The normalized spacial score (nSPS) is 19.1. The van der Waals surface area contributed by atoms with Crippen molar-refractivity contribution in [2.24, 2.45) is 5.41 Å². The number of nitrogens with zero attached hydrogens (tertiary/aromatic N) is 1. The van der Waals surface area contributed by atoms with Gasteiger partial charge in [0.05, 0.1) is 17.7 Å². The lowest BCUT2D eigenvalue weighted by atomic mass is 9.68. The number of rotatable bonds is 5. The number of nitro groups is 1. The summed E-state index contributed by atoms with van der Waals surface area (Å²) in [4.78, 5) is 38.1. The molecule has 2 aromatic carbocycles. The van der Waals surface area contributed by atoms with E-state index in [1.54, 1.807) is 37.3 Å². The highest BCUT2D eigenvalue weighted by Crippen LogP contribution is 2.47. The fourth-order valence-electron chi connectivity index (χ4n) is 4.86. The minimum Gasteiger partial charge on any atom is -0.495 e. The molecule has 9 heteroatoms. The van der Waals surface area contributed by atoms with E-state index in [2.05, 4.69) is 10.6 Å². The number of amides is 1. The summed E-state index contributed by atoms with van der Waals surface area (Å²) < 4.78 is 5.35. The van der Waals surface area contributed by atoms with Crippen molar-refractivity contribution in [3.8, 4) is 5.75 Å². The molecule has 8 nitrogen and oxygen atoms in total. The Hall–Kier alpha value is -3.65. The van der Waals surface area contributed by atoms with Crippen molar-refractivity contribution in [1.29, 1.82) is 0 Å². The summed E-state index contributed by atoms with van der Waals surface area (Å²) in [5.74, 6) is -0.842. The van der Waals surface area contributed by atoms with Gasteiger partial charge in [0.1, 0.15) is 10.8 Å². The van der Waals surface area contributed by atoms with Crippen LogP contribution >= 0.6 is 11.6 Å². The fourth-order valence-corrected chi connectivity index (χ4v) is 5.04. The van der Waals surface area contributed by atoms with E-state index in [1.165, 1.54) is 19.2 Å². The first-order chi connectivity index (χ1) is 16.5. The lowest BCUT2D eigenvalue weighted by Crippen LogP contribution is -2.39. The largest absolute Gasteiger partial charge is 0.495 e. The number of Topliss-reactive ketones (excluding diaryl/α,β-unsaturated/α-hetero) is 1. The van der Waals surface area contributed by atoms with Crippen molar-refractivity contribution in [2.75, 3.05) is 12.4 Å². The number of nitrogens with one attached hydrogen (secondary N) is 2. The van der Waals surface area contributed by atoms with Gasteiger partial charge in [-0.05, 0) is 42.5 Å². The predicted molar refractivity (Wildman–Crippen MR) is 133 cm³/mol. The molecule has 2 aliphatic rings.